The quantitative estimate of drug-likeness (QED) is 0.503. The van der Waals surface area contributed by atoms with Crippen LogP contribution in [0.15, 0.2) is 82.2 Å². The van der Waals surface area contributed by atoms with Crippen LogP contribution in [0.25, 0.3) is 0 Å². The van der Waals surface area contributed by atoms with Gasteiger partial charge in [0.15, 0.2) is 0 Å². The number of rotatable bonds is 7. The summed E-state index contributed by atoms with van der Waals surface area (Å²) in [5, 5.41) is 0. The first kappa shape index (κ1) is 20.2. The van der Waals surface area contributed by atoms with Crippen LogP contribution in [0.1, 0.15) is 5.56 Å². The largest absolute Gasteiger partial charge is 0.497 e. The number of sulfonamides is 1. The molecule has 0 aliphatic rings. The van der Waals surface area contributed by atoms with E-state index in [2.05, 4.69) is 15.9 Å². The molecule has 5 nitrogen and oxygen atoms in total. The lowest BCUT2D eigenvalue weighted by molar-refractivity contribution is 0.393. The van der Waals surface area contributed by atoms with E-state index in [0.717, 1.165) is 10.0 Å². The number of halogens is 1. The standard InChI is InChI=1S/C21H20BrNO4S/c1-26-19-11-16(12-20(14-19)27-2)15-23(18-8-6-7-17(22)13-18)28(24,25)21-9-4-3-5-10-21/h3-14H,15H2,1-2H3. The van der Waals surface area contributed by atoms with Crippen molar-refractivity contribution in [3.8, 4) is 11.5 Å². The van der Waals surface area contributed by atoms with Gasteiger partial charge < -0.3 is 9.47 Å². The molecule has 0 fully saturated rings. The maximum atomic E-state index is 13.4. The van der Waals surface area contributed by atoms with E-state index in [9.17, 15) is 8.42 Å². The van der Waals surface area contributed by atoms with Crippen LogP contribution in [0.5, 0.6) is 11.5 Å². The van der Waals surface area contributed by atoms with Crippen LogP contribution >= 0.6 is 15.9 Å². The predicted molar refractivity (Wildman–Crippen MR) is 113 cm³/mol. The molecular formula is C21H20BrNO4S. The molecule has 0 heterocycles. The van der Waals surface area contributed by atoms with Gasteiger partial charge in [0, 0.05) is 10.5 Å². The average molecular weight is 462 g/mol. The summed E-state index contributed by atoms with van der Waals surface area (Å²) < 4.78 is 39.6. The second kappa shape index (κ2) is 8.67. The second-order valence-electron chi connectivity index (χ2n) is 6.03. The minimum atomic E-state index is -3.78. The molecule has 0 atom stereocenters. The van der Waals surface area contributed by atoms with Crippen molar-refractivity contribution in [1.82, 2.24) is 0 Å². The molecule has 0 unspecified atom stereocenters. The highest BCUT2D eigenvalue weighted by Crippen LogP contribution is 2.30. The molecule has 0 radical (unpaired) electrons. The Bertz CT molecular complexity index is 1030. The van der Waals surface area contributed by atoms with Gasteiger partial charge in [-0.3, -0.25) is 4.31 Å². The number of methoxy groups -OCH3 is 2. The Balaban J connectivity index is 2.10. The second-order valence-corrected chi connectivity index (χ2v) is 8.80. The number of nitrogens with zero attached hydrogens (tertiary/aromatic N) is 1. The van der Waals surface area contributed by atoms with Gasteiger partial charge in [-0.05, 0) is 48.0 Å². The Morgan fingerprint density at radius 2 is 1.50 bits per heavy atom. The van der Waals surface area contributed by atoms with Crippen molar-refractivity contribution in [3.05, 3.63) is 82.8 Å². The lowest BCUT2D eigenvalue weighted by Crippen LogP contribution is -2.30. The number of anilines is 1. The van der Waals surface area contributed by atoms with E-state index in [-0.39, 0.29) is 11.4 Å². The Morgan fingerprint density at radius 1 is 0.857 bits per heavy atom. The topological polar surface area (TPSA) is 55.8 Å². The summed E-state index contributed by atoms with van der Waals surface area (Å²) in [4.78, 5) is 0.227. The Kier molecular flexibility index (Phi) is 6.26. The third kappa shape index (κ3) is 4.48. The highest BCUT2D eigenvalue weighted by Gasteiger charge is 2.25. The summed E-state index contributed by atoms with van der Waals surface area (Å²) in [7, 11) is -0.656. The fourth-order valence-electron chi connectivity index (χ4n) is 2.79. The van der Waals surface area contributed by atoms with Gasteiger partial charge in [0.05, 0.1) is 31.3 Å². The number of hydrogen-bond acceptors (Lipinski definition) is 4. The molecule has 3 aromatic carbocycles. The van der Waals surface area contributed by atoms with Crippen LogP contribution in [0.4, 0.5) is 5.69 Å². The predicted octanol–water partition coefficient (Wildman–Crippen LogP) is 4.86. The van der Waals surface area contributed by atoms with Crippen LogP contribution in [-0.2, 0) is 16.6 Å². The average Bonchev–Trinajstić information content (AvgIpc) is 2.72. The molecule has 0 bridgehead atoms. The molecule has 0 amide bonds. The Labute approximate surface area is 173 Å². The molecule has 7 heteroatoms. The third-order valence-corrected chi connectivity index (χ3v) is 6.45. The van der Waals surface area contributed by atoms with E-state index >= 15 is 0 Å². The van der Waals surface area contributed by atoms with Crippen molar-refractivity contribution in [2.45, 2.75) is 11.4 Å². The Hall–Kier alpha value is -2.51. The first-order chi connectivity index (χ1) is 13.4. The van der Waals surface area contributed by atoms with Crippen LogP contribution in [0, 0.1) is 0 Å². The third-order valence-electron chi connectivity index (χ3n) is 4.16. The van der Waals surface area contributed by atoms with Crippen molar-refractivity contribution in [1.29, 1.82) is 0 Å². The molecule has 0 saturated carbocycles. The summed E-state index contributed by atoms with van der Waals surface area (Å²) in [6.07, 6.45) is 0. The minimum Gasteiger partial charge on any atom is -0.497 e. The van der Waals surface area contributed by atoms with Crippen LogP contribution in [-0.4, -0.2) is 22.6 Å². The molecule has 0 aliphatic carbocycles. The molecule has 0 saturated heterocycles. The number of hydrogen-bond donors (Lipinski definition) is 0. The lowest BCUT2D eigenvalue weighted by atomic mass is 10.2. The van der Waals surface area contributed by atoms with E-state index in [4.69, 9.17) is 9.47 Å². The van der Waals surface area contributed by atoms with Gasteiger partial charge in [-0.15, -0.1) is 0 Å². The molecule has 28 heavy (non-hydrogen) atoms. The SMILES string of the molecule is COc1cc(CN(c2cccc(Br)c2)S(=O)(=O)c2ccccc2)cc(OC)c1. The molecule has 3 rings (SSSR count). The fourth-order valence-corrected chi connectivity index (χ4v) is 4.64. The van der Waals surface area contributed by atoms with Crippen molar-refractivity contribution in [2.75, 3.05) is 18.5 Å². The summed E-state index contributed by atoms with van der Waals surface area (Å²) in [5.41, 5.74) is 1.30. The lowest BCUT2D eigenvalue weighted by Gasteiger charge is -2.25. The molecule has 3 aromatic rings. The van der Waals surface area contributed by atoms with Gasteiger partial charge in [0.2, 0.25) is 0 Å². The van der Waals surface area contributed by atoms with Crippen molar-refractivity contribution in [3.63, 3.8) is 0 Å². The number of benzene rings is 3. The summed E-state index contributed by atoms with van der Waals surface area (Å²) in [6, 6.07) is 20.9. The molecule has 0 aromatic heterocycles. The summed E-state index contributed by atoms with van der Waals surface area (Å²) in [6.45, 7) is 0.126. The highest BCUT2D eigenvalue weighted by molar-refractivity contribution is 9.10. The van der Waals surface area contributed by atoms with Crippen LogP contribution < -0.4 is 13.8 Å². The van der Waals surface area contributed by atoms with Crippen molar-refractivity contribution < 1.29 is 17.9 Å². The summed E-state index contributed by atoms with van der Waals surface area (Å²) >= 11 is 3.42. The smallest absolute Gasteiger partial charge is 0.264 e. The zero-order valence-electron chi connectivity index (χ0n) is 15.5. The molecule has 0 spiro atoms. The first-order valence-corrected chi connectivity index (χ1v) is 10.7. The maximum Gasteiger partial charge on any atom is 0.264 e. The molecule has 0 N–H and O–H groups in total. The minimum absolute atomic E-state index is 0.126. The molecule has 0 aliphatic heterocycles. The van der Waals surface area contributed by atoms with E-state index < -0.39 is 10.0 Å². The van der Waals surface area contributed by atoms with Gasteiger partial charge in [-0.1, -0.05) is 40.2 Å². The fraction of sp³-hybridized carbons (Fsp3) is 0.143. The summed E-state index contributed by atoms with van der Waals surface area (Å²) in [5.74, 6) is 1.20. The highest BCUT2D eigenvalue weighted by atomic mass is 79.9. The van der Waals surface area contributed by atoms with Gasteiger partial charge in [-0.25, -0.2) is 8.42 Å². The van der Waals surface area contributed by atoms with E-state index in [0.29, 0.717) is 17.2 Å². The van der Waals surface area contributed by atoms with Gasteiger partial charge in [-0.2, -0.15) is 0 Å². The van der Waals surface area contributed by atoms with Crippen molar-refractivity contribution >= 4 is 31.6 Å². The van der Waals surface area contributed by atoms with E-state index in [1.165, 1.54) is 4.31 Å². The van der Waals surface area contributed by atoms with Crippen LogP contribution in [0.3, 0.4) is 0 Å². The zero-order valence-corrected chi connectivity index (χ0v) is 17.9. The maximum absolute atomic E-state index is 13.4. The van der Waals surface area contributed by atoms with E-state index in [1.807, 2.05) is 6.07 Å². The van der Waals surface area contributed by atoms with Gasteiger partial charge >= 0.3 is 0 Å². The zero-order chi connectivity index (χ0) is 20.1. The Morgan fingerprint density at radius 3 is 2.07 bits per heavy atom. The van der Waals surface area contributed by atoms with Gasteiger partial charge in [0.1, 0.15) is 11.5 Å². The molecular weight excluding hydrogens is 442 g/mol. The number of ether oxygens (including phenoxy) is 2. The van der Waals surface area contributed by atoms with Gasteiger partial charge in [0.25, 0.3) is 10.0 Å². The van der Waals surface area contributed by atoms with E-state index in [1.54, 1.807) is 80.9 Å². The first-order valence-electron chi connectivity index (χ1n) is 8.49. The monoisotopic (exact) mass is 461 g/mol. The van der Waals surface area contributed by atoms with Crippen molar-refractivity contribution in [2.24, 2.45) is 0 Å². The molecule has 146 valence electrons. The van der Waals surface area contributed by atoms with Crippen LogP contribution in [0.2, 0.25) is 0 Å². The normalized spacial score (nSPS) is 11.1.